The van der Waals surface area contributed by atoms with E-state index in [1.54, 1.807) is 0 Å². The summed E-state index contributed by atoms with van der Waals surface area (Å²) in [5.74, 6) is 0. The maximum Gasteiger partial charge on any atom is 0.0627 e. The van der Waals surface area contributed by atoms with Crippen LogP contribution >= 0.6 is 22.7 Å². The second kappa shape index (κ2) is 24.5. The van der Waals surface area contributed by atoms with Gasteiger partial charge in [0.05, 0.1) is 49.7 Å². The maximum absolute atomic E-state index is 2.57. The van der Waals surface area contributed by atoms with Gasteiger partial charge in [-0.25, -0.2) is 0 Å². The van der Waals surface area contributed by atoms with E-state index in [0.29, 0.717) is 0 Å². The van der Waals surface area contributed by atoms with Crippen molar-refractivity contribution in [2.45, 2.75) is 0 Å². The molecule has 0 amide bonds. The zero-order valence-electron chi connectivity index (χ0n) is 67.2. The summed E-state index contributed by atoms with van der Waals surface area (Å²) in [5, 5.41) is 45.5. The van der Waals surface area contributed by atoms with Gasteiger partial charge in [0.15, 0.2) is 0 Å². The molecule has 572 valence electrons. The van der Waals surface area contributed by atoms with Crippen LogP contribution in [0.4, 0.5) is 0 Å². The van der Waals surface area contributed by atoms with Gasteiger partial charge >= 0.3 is 0 Å². The van der Waals surface area contributed by atoms with Crippen molar-refractivity contribution in [1.29, 1.82) is 0 Å². The number of nitrogens with zero attached hydrogens (tertiary/aromatic N) is 3. The normalized spacial score (nSPS) is 12.6. The van der Waals surface area contributed by atoms with Crippen LogP contribution in [0.1, 0.15) is 0 Å². The van der Waals surface area contributed by atoms with Crippen LogP contribution in [-0.4, -0.2) is 13.2 Å². The van der Waals surface area contributed by atoms with Crippen LogP contribution in [0.2, 0.25) is 0 Å². The molecule has 0 atom stereocenters. The number of aromatic nitrogens is 3. The second-order valence-corrected chi connectivity index (χ2v) is 36.6. The monoisotopic (exact) mass is 1610 g/mol. The molecule has 0 saturated carbocycles. The highest BCUT2D eigenvalue weighted by molar-refractivity contribution is 7.26. The highest BCUT2D eigenvalue weighted by atomic mass is 32.1. The minimum Gasteiger partial charge on any atom is -0.307 e. The number of fused-ring (bicyclic) bond motifs is 33. The molecule has 32 rings (SSSR count). The van der Waals surface area contributed by atoms with Gasteiger partial charge in [0.25, 0.3) is 0 Å². The first-order valence-corrected chi connectivity index (χ1v) is 45.0. The number of para-hydroxylation sites is 3. The molecule has 0 aliphatic heterocycles. The summed E-state index contributed by atoms with van der Waals surface area (Å²) in [6, 6.07) is 147. The lowest BCUT2D eigenvalue weighted by Gasteiger charge is -2.13. The topological polar surface area (TPSA) is 13.2 Å². The molecule has 125 heavy (non-hydrogen) atoms. The van der Waals surface area contributed by atoms with Crippen molar-refractivity contribution in [2.24, 2.45) is 0 Å². The van der Waals surface area contributed by atoms with Gasteiger partial charge in [-0.15, -0.1) is 22.7 Å². The number of rotatable bonds is 4. The Morgan fingerprint density at radius 2 is 0.384 bits per heavy atom. The van der Waals surface area contributed by atoms with Crippen LogP contribution < -0.4 is 0 Å². The first kappa shape index (κ1) is 67.0. The van der Waals surface area contributed by atoms with E-state index in [2.05, 4.69) is 408 Å². The average molecular weight is 1610 g/mol. The van der Waals surface area contributed by atoms with Crippen molar-refractivity contribution in [2.75, 3.05) is 0 Å². The van der Waals surface area contributed by atoms with Crippen LogP contribution in [0, 0.1) is 0 Å². The first-order chi connectivity index (χ1) is 62.1. The Morgan fingerprint density at radius 3 is 0.800 bits per heavy atom. The van der Waals surface area contributed by atoms with E-state index in [0.717, 1.165) is 0 Å². The second-order valence-electron chi connectivity index (χ2n) is 34.5. The van der Waals surface area contributed by atoms with Gasteiger partial charge in [0, 0.05) is 127 Å². The Labute approximate surface area is 720 Å². The van der Waals surface area contributed by atoms with Crippen LogP contribution in [0.5, 0.6) is 0 Å². The van der Waals surface area contributed by atoms with Crippen LogP contribution in [0.15, 0.2) is 394 Å². The molecule has 0 saturated heterocycles. The van der Waals surface area contributed by atoms with Crippen molar-refractivity contribution in [3.05, 3.63) is 394 Å². The molecule has 0 radical (unpaired) electrons. The van der Waals surface area contributed by atoms with Gasteiger partial charge in [-0.2, -0.15) is 0 Å². The number of hydrogen-bond donors (Lipinski definition) is 0. The standard InChI is InChI=1S/C42H23NS.C42H23N.C36H19NS/c1-2-12-29-28(11-1)31-16-8-19-36-38(31)39-32(29)21-22-34-33-17-6-14-26(40(33)43(36)41(34)39)24-9-5-10-25(23-24)27-15-7-18-35-30-13-3-4-20-37(30)44-42(27)35;1-2-11-28-26(9-1)27-10-3-6-14-31(27)37-23-24(19-20-32(28)37)25-15-7-17-35-36-22-21-34-30-13-5-4-12-29(30)33-16-8-18-38-39(33)40(34)42(36)43(38)41(25)35;1-2-9-21-20(8-1)23-11-7-16-30-32(23)33-24(21)18-19-27-25-12-5-13-26(34(25)37(30)35(27)33)29-15-6-14-28-22-10-3-4-17-31(22)38-36(28)29/h1-23H;1-23H;1-19H. The van der Waals surface area contributed by atoms with Gasteiger partial charge in [0.2, 0.25) is 0 Å². The van der Waals surface area contributed by atoms with Crippen LogP contribution in [0.25, 0.3) is 296 Å². The SMILES string of the molecule is c1cc(-c2cccc3c2sc2ccccc23)cc(-c2cccc3c4ccc5c6ccccc6c6cccc7c6c5c4n7c23)c1.c1ccc2c(c1)c1ccccc1c1cc(-c3cccc4c5ccc6c7ccccc7c7cccc8c7c6c5n8c34)ccc21.c1ccc2c(c1)sc1c(-c3cccc4c5ccc6c7ccccc7c7cccc8c7c6c5n8c34)cccc12. The fraction of sp³-hybridized carbons (Fsp3) is 0. The zero-order valence-corrected chi connectivity index (χ0v) is 68.8. The lowest BCUT2D eigenvalue weighted by Crippen LogP contribution is -1.88. The minimum absolute atomic E-state index is 1.25. The number of thiophene rings is 2. The number of hydrogen-bond acceptors (Lipinski definition) is 2. The minimum atomic E-state index is 1.25. The molecule has 0 fully saturated rings. The molecule has 24 aromatic carbocycles. The largest absolute Gasteiger partial charge is 0.307 e. The van der Waals surface area contributed by atoms with Crippen LogP contribution in [-0.2, 0) is 0 Å². The summed E-state index contributed by atoms with van der Waals surface area (Å²) >= 11 is 3.80. The molecule has 0 aliphatic carbocycles. The van der Waals surface area contributed by atoms with Gasteiger partial charge in [-0.1, -0.05) is 352 Å². The predicted molar refractivity (Wildman–Crippen MR) is 542 cm³/mol. The smallest absolute Gasteiger partial charge is 0.0627 e. The third-order valence-corrected chi connectivity index (χ3v) is 31.1. The van der Waals surface area contributed by atoms with Gasteiger partial charge in [-0.3, -0.25) is 0 Å². The Morgan fingerprint density at radius 1 is 0.136 bits per heavy atom. The third-order valence-electron chi connectivity index (χ3n) is 28.6. The van der Waals surface area contributed by atoms with E-state index in [-0.39, 0.29) is 0 Å². The lowest BCUT2D eigenvalue weighted by molar-refractivity contribution is 1.37. The summed E-state index contributed by atoms with van der Waals surface area (Å²) in [5.41, 5.74) is 22.0. The quantitative estimate of drug-likeness (QED) is 0.156. The molecule has 0 bridgehead atoms. The van der Waals surface area contributed by atoms with Crippen molar-refractivity contribution in [3.63, 3.8) is 0 Å². The molecule has 8 heterocycles. The van der Waals surface area contributed by atoms with E-state index in [4.69, 9.17) is 0 Å². The van der Waals surface area contributed by atoms with E-state index in [9.17, 15) is 0 Å². The Kier molecular flexibility index (Phi) is 13.1. The third kappa shape index (κ3) is 8.68. The molecular weight excluding hydrogens is 1550 g/mol. The number of benzene rings is 24. The van der Waals surface area contributed by atoms with E-state index in [1.807, 2.05) is 22.7 Å². The van der Waals surface area contributed by atoms with Gasteiger partial charge in [0.1, 0.15) is 0 Å². The molecule has 8 aromatic heterocycles. The molecule has 0 unspecified atom stereocenters. The van der Waals surface area contributed by atoms with Gasteiger partial charge < -0.3 is 13.2 Å². The summed E-state index contributed by atoms with van der Waals surface area (Å²) in [6.45, 7) is 0. The molecule has 0 spiro atoms. The maximum atomic E-state index is 2.57. The lowest BCUT2D eigenvalue weighted by atomic mass is 9.91. The highest BCUT2D eigenvalue weighted by Gasteiger charge is 2.30. The van der Waals surface area contributed by atoms with Crippen molar-refractivity contribution < 1.29 is 0 Å². The Hall–Kier alpha value is -15.8. The van der Waals surface area contributed by atoms with E-state index in [1.165, 1.54) is 296 Å². The van der Waals surface area contributed by atoms with Crippen molar-refractivity contribution >= 4 is 274 Å². The summed E-state index contributed by atoms with van der Waals surface area (Å²) < 4.78 is 13.1. The van der Waals surface area contributed by atoms with Crippen LogP contribution in [0.3, 0.4) is 0 Å². The average Bonchev–Trinajstić information content (AvgIpc) is 1.52. The highest BCUT2D eigenvalue weighted by Crippen LogP contribution is 2.55. The van der Waals surface area contributed by atoms with E-state index >= 15 is 0 Å². The Balaban J connectivity index is 0.0000000921. The molecule has 3 nitrogen and oxygen atoms in total. The zero-order chi connectivity index (χ0) is 80.9. The van der Waals surface area contributed by atoms with Crippen molar-refractivity contribution in [3.8, 4) is 44.5 Å². The fourth-order valence-corrected chi connectivity index (χ4v) is 26.1. The predicted octanol–water partition coefficient (Wildman–Crippen LogP) is 34.6. The summed E-state index contributed by atoms with van der Waals surface area (Å²) in [7, 11) is 0. The molecule has 32 aromatic rings. The summed E-state index contributed by atoms with van der Waals surface area (Å²) in [6.07, 6.45) is 0. The van der Waals surface area contributed by atoms with E-state index < -0.39 is 0 Å². The molecular formula is C120H65N3S2. The molecule has 0 N–H and O–H groups in total. The Bertz CT molecular complexity index is 10300. The summed E-state index contributed by atoms with van der Waals surface area (Å²) in [4.78, 5) is 0. The van der Waals surface area contributed by atoms with Gasteiger partial charge in [-0.05, 0) is 162 Å². The first-order valence-electron chi connectivity index (χ1n) is 43.4. The molecule has 0 aliphatic rings. The molecule has 5 heteroatoms. The fourth-order valence-electron chi connectivity index (χ4n) is 23.7. The van der Waals surface area contributed by atoms with Crippen molar-refractivity contribution in [1.82, 2.24) is 13.2 Å².